The van der Waals surface area contributed by atoms with Crippen LogP contribution in [0.25, 0.3) is 16.3 Å². The Hall–Kier alpha value is -3.68. The predicted octanol–water partition coefficient (Wildman–Crippen LogP) is 5.42. The molecular weight excluding hydrogens is 421 g/mol. The smallest absolute Gasteiger partial charge is 0.176 e. The Bertz CT molecular complexity index is 1240. The van der Waals surface area contributed by atoms with E-state index in [1.807, 2.05) is 12.1 Å². The Morgan fingerprint density at radius 3 is 1.58 bits per heavy atom. The molecule has 0 saturated heterocycles. The van der Waals surface area contributed by atoms with Crippen LogP contribution in [0.4, 0.5) is 0 Å². The SMILES string of the molecule is CN(C)C=C(c1nc2ccccc2[nH]1)[P+](c1ccccc1)(c1ccccc1)c1ccccc1. The maximum absolute atomic E-state index is 5.09. The molecule has 0 spiro atoms. The van der Waals surface area contributed by atoms with E-state index >= 15 is 0 Å². The van der Waals surface area contributed by atoms with Gasteiger partial charge >= 0.3 is 0 Å². The summed E-state index contributed by atoms with van der Waals surface area (Å²) >= 11 is 0. The van der Waals surface area contributed by atoms with Crippen molar-refractivity contribution in [1.29, 1.82) is 0 Å². The van der Waals surface area contributed by atoms with Crippen LogP contribution in [0.1, 0.15) is 5.82 Å². The third-order valence-electron chi connectivity index (χ3n) is 5.80. The lowest BCUT2D eigenvalue weighted by atomic mass is 10.3. The number of benzene rings is 4. The molecule has 1 heterocycles. The average Bonchev–Trinajstić information content (AvgIpc) is 3.30. The number of hydrogen-bond acceptors (Lipinski definition) is 2. The number of aromatic nitrogens is 2. The van der Waals surface area contributed by atoms with Crippen LogP contribution in [-0.4, -0.2) is 29.0 Å². The zero-order chi connectivity index (χ0) is 22.7. The number of hydrogen-bond donors (Lipinski definition) is 1. The van der Waals surface area contributed by atoms with Crippen LogP contribution in [-0.2, 0) is 0 Å². The van der Waals surface area contributed by atoms with Crippen molar-refractivity contribution in [3.8, 4) is 0 Å². The van der Waals surface area contributed by atoms with Gasteiger partial charge in [-0.3, -0.25) is 0 Å². The van der Waals surface area contributed by atoms with Gasteiger partial charge in [0.2, 0.25) is 0 Å². The maximum Gasteiger partial charge on any atom is 0.176 e. The zero-order valence-corrected chi connectivity index (χ0v) is 19.8. The molecule has 0 saturated carbocycles. The molecule has 3 nitrogen and oxygen atoms in total. The second kappa shape index (κ2) is 9.05. The Labute approximate surface area is 195 Å². The Morgan fingerprint density at radius 1 is 0.667 bits per heavy atom. The van der Waals surface area contributed by atoms with Crippen molar-refractivity contribution < 1.29 is 0 Å². The molecule has 5 aromatic rings. The summed E-state index contributed by atoms with van der Waals surface area (Å²) in [7, 11) is 1.89. The molecule has 5 rings (SSSR count). The van der Waals surface area contributed by atoms with E-state index in [9.17, 15) is 0 Å². The van der Waals surface area contributed by atoms with Crippen molar-refractivity contribution in [3.05, 3.63) is 127 Å². The van der Waals surface area contributed by atoms with Crippen molar-refractivity contribution in [3.63, 3.8) is 0 Å². The minimum Gasteiger partial charge on any atom is -0.380 e. The third-order valence-corrected chi connectivity index (χ3v) is 10.1. The van der Waals surface area contributed by atoms with Crippen molar-refractivity contribution in [2.24, 2.45) is 0 Å². The van der Waals surface area contributed by atoms with Gasteiger partial charge < -0.3 is 9.88 Å². The first-order chi connectivity index (χ1) is 16.2. The van der Waals surface area contributed by atoms with Gasteiger partial charge in [0.05, 0.1) is 11.0 Å². The summed E-state index contributed by atoms with van der Waals surface area (Å²) in [6, 6.07) is 40.9. The minimum absolute atomic E-state index is 0.912. The molecular formula is C29H27N3P+. The molecule has 1 N–H and O–H groups in total. The van der Waals surface area contributed by atoms with E-state index in [1.54, 1.807) is 0 Å². The highest BCUT2D eigenvalue weighted by Crippen LogP contribution is 2.65. The average molecular weight is 449 g/mol. The number of fused-ring (bicyclic) bond motifs is 1. The van der Waals surface area contributed by atoms with Gasteiger partial charge in [0.25, 0.3) is 0 Å². The highest BCUT2D eigenvalue weighted by Gasteiger charge is 2.51. The third kappa shape index (κ3) is 3.86. The largest absolute Gasteiger partial charge is 0.380 e. The zero-order valence-electron chi connectivity index (χ0n) is 18.9. The number of nitrogens with one attached hydrogen (secondary N) is 1. The highest BCUT2D eigenvalue weighted by atomic mass is 31.2. The standard InChI is InChI=1S/C29H27N3P/c1-32(2)22-28(29-30-26-20-12-13-21-27(26)31-29)33(23-14-6-3-7-15-23,24-16-8-4-9-17-24)25-18-10-5-11-19-25/h3-22H,1-2H3,(H,30,31)/q+1. The maximum atomic E-state index is 5.09. The van der Waals surface area contributed by atoms with Crippen molar-refractivity contribution in [2.75, 3.05) is 14.1 Å². The number of para-hydroxylation sites is 2. The Balaban J connectivity index is 1.92. The molecule has 4 heteroatoms. The van der Waals surface area contributed by atoms with E-state index in [2.05, 4.69) is 133 Å². The summed E-state index contributed by atoms with van der Waals surface area (Å²) in [4.78, 5) is 10.9. The highest BCUT2D eigenvalue weighted by molar-refractivity contribution is 8.03. The molecule has 0 amide bonds. The summed E-state index contributed by atoms with van der Waals surface area (Å²) in [5.41, 5.74) is 2.02. The van der Waals surface area contributed by atoms with Crippen molar-refractivity contribution >= 4 is 39.5 Å². The van der Waals surface area contributed by atoms with Gasteiger partial charge in [-0.1, -0.05) is 66.7 Å². The van der Waals surface area contributed by atoms with Gasteiger partial charge in [-0.25, -0.2) is 4.98 Å². The first-order valence-electron chi connectivity index (χ1n) is 11.1. The lowest BCUT2D eigenvalue weighted by molar-refractivity contribution is 0.566. The summed E-state index contributed by atoms with van der Waals surface area (Å²) in [6.45, 7) is 0. The monoisotopic (exact) mass is 448 g/mol. The second-order valence-corrected chi connectivity index (χ2v) is 11.6. The molecule has 0 radical (unpaired) electrons. The lowest BCUT2D eigenvalue weighted by Crippen LogP contribution is -2.32. The number of aromatic amines is 1. The quantitative estimate of drug-likeness (QED) is 0.352. The minimum atomic E-state index is -2.27. The number of rotatable bonds is 6. The number of nitrogens with zero attached hydrogens (tertiary/aromatic N) is 2. The topological polar surface area (TPSA) is 31.9 Å². The van der Waals surface area contributed by atoms with E-state index < -0.39 is 7.26 Å². The summed E-state index contributed by atoms with van der Waals surface area (Å²) in [6.07, 6.45) is 2.25. The van der Waals surface area contributed by atoms with Crippen LogP contribution in [0.3, 0.4) is 0 Å². The van der Waals surface area contributed by atoms with E-state index in [1.165, 1.54) is 21.2 Å². The van der Waals surface area contributed by atoms with E-state index in [0.717, 1.165) is 16.9 Å². The number of H-pyrrole nitrogens is 1. The van der Waals surface area contributed by atoms with Crippen molar-refractivity contribution in [2.45, 2.75) is 0 Å². The summed E-state index contributed by atoms with van der Waals surface area (Å²) in [5.74, 6) is 0.912. The lowest BCUT2D eigenvalue weighted by Gasteiger charge is -2.29. The fourth-order valence-corrected chi connectivity index (χ4v) is 8.86. The molecule has 162 valence electrons. The van der Waals surface area contributed by atoms with Crippen molar-refractivity contribution in [1.82, 2.24) is 14.9 Å². The fourth-order valence-electron chi connectivity index (χ4n) is 4.44. The van der Waals surface area contributed by atoms with E-state index in [-0.39, 0.29) is 0 Å². The van der Waals surface area contributed by atoms with Gasteiger partial charge in [-0.15, -0.1) is 0 Å². The first-order valence-corrected chi connectivity index (χ1v) is 12.9. The molecule has 0 fully saturated rings. The van der Waals surface area contributed by atoms with E-state index in [4.69, 9.17) is 4.98 Å². The normalized spacial score (nSPS) is 12.1. The Morgan fingerprint density at radius 2 is 1.12 bits per heavy atom. The predicted molar refractivity (Wildman–Crippen MR) is 143 cm³/mol. The fraction of sp³-hybridized carbons (Fsp3) is 0.0690. The molecule has 0 atom stereocenters. The van der Waals surface area contributed by atoms with Gasteiger partial charge in [0.15, 0.2) is 11.1 Å². The van der Waals surface area contributed by atoms with Crippen LogP contribution in [0.15, 0.2) is 121 Å². The molecule has 33 heavy (non-hydrogen) atoms. The van der Waals surface area contributed by atoms with Gasteiger partial charge in [0.1, 0.15) is 23.2 Å². The molecule has 0 aliphatic heterocycles. The molecule has 1 aromatic heterocycles. The van der Waals surface area contributed by atoms with Crippen LogP contribution in [0.2, 0.25) is 0 Å². The van der Waals surface area contributed by atoms with Gasteiger partial charge in [-0.05, 0) is 48.5 Å². The van der Waals surface area contributed by atoms with Crippen LogP contribution in [0.5, 0.6) is 0 Å². The van der Waals surface area contributed by atoms with Gasteiger partial charge in [0, 0.05) is 20.3 Å². The number of imidazole rings is 1. The molecule has 0 aliphatic carbocycles. The summed E-state index contributed by atoms with van der Waals surface area (Å²) in [5, 5.41) is 5.11. The molecule has 0 aliphatic rings. The second-order valence-electron chi connectivity index (χ2n) is 8.26. The van der Waals surface area contributed by atoms with Crippen LogP contribution in [0, 0.1) is 0 Å². The van der Waals surface area contributed by atoms with E-state index in [0.29, 0.717) is 0 Å². The van der Waals surface area contributed by atoms with Crippen LogP contribution < -0.4 is 15.9 Å². The summed E-state index contributed by atoms with van der Waals surface area (Å²) < 4.78 is 0. The van der Waals surface area contributed by atoms with Crippen LogP contribution >= 0.6 is 7.26 Å². The molecule has 0 unspecified atom stereocenters. The van der Waals surface area contributed by atoms with Gasteiger partial charge in [-0.2, -0.15) is 0 Å². The Kier molecular flexibility index (Phi) is 5.81. The molecule has 0 bridgehead atoms. The molecule has 4 aromatic carbocycles. The first kappa shape index (κ1) is 21.2.